The number of urea groups is 1. The number of nitrogens with one attached hydrogen (secondary N) is 2. The summed E-state index contributed by atoms with van der Waals surface area (Å²) >= 11 is 0. The summed E-state index contributed by atoms with van der Waals surface area (Å²) in [6, 6.07) is 11.5. The number of amides is 5. The highest BCUT2D eigenvalue weighted by molar-refractivity contribution is 6.41. The first-order valence-electron chi connectivity index (χ1n) is 18.8. The number of ether oxygens (including phenoxy) is 1. The van der Waals surface area contributed by atoms with E-state index in [1.165, 1.54) is 7.11 Å². The zero-order valence-electron chi connectivity index (χ0n) is 30.8. The lowest BCUT2D eigenvalue weighted by Gasteiger charge is -2.41. The van der Waals surface area contributed by atoms with Gasteiger partial charge in [0.25, 0.3) is 11.8 Å². The Hall–Kier alpha value is -4.23. The monoisotopic (exact) mass is 714 g/mol. The number of carbonyl (C=O) groups excluding carboxylic acids is 4. The van der Waals surface area contributed by atoms with Gasteiger partial charge in [0.1, 0.15) is 21.4 Å². The van der Waals surface area contributed by atoms with Crippen molar-refractivity contribution in [2.24, 2.45) is 11.8 Å². The van der Waals surface area contributed by atoms with Crippen molar-refractivity contribution in [3.8, 4) is 5.75 Å². The topological polar surface area (TPSA) is 144 Å². The number of carbonyl (C=O) groups is 4. The molecule has 0 unspecified atom stereocenters. The zero-order valence-corrected chi connectivity index (χ0v) is 30.8. The molecule has 4 heterocycles. The second-order valence-electron chi connectivity index (χ2n) is 14.9. The molecule has 0 bridgehead atoms. The average Bonchev–Trinajstić information content (AvgIpc) is 3.31. The maximum absolute atomic E-state index is 14.1. The maximum Gasteiger partial charge on any atom is 0.410 e. The van der Waals surface area contributed by atoms with Gasteiger partial charge >= 0.3 is 12.1 Å². The molecule has 5 amide bonds. The number of phenolic OH excluding ortho intramolecular Hbond substituents is 1. The summed E-state index contributed by atoms with van der Waals surface area (Å²) in [5, 5.41) is 13.4. The minimum absolute atomic E-state index is 0.00225. The van der Waals surface area contributed by atoms with Crippen LogP contribution in [0, 0.1) is 11.8 Å². The van der Waals surface area contributed by atoms with Crippen LogP contribution in [0.25, 0.3) is 0 Å². The molecule has 0 aliphatic carbocycles. The molecule has 3 fully saturated rings. The Labute approximate surface area is 308 Å². The Balaban J connectivity index is 1.05. The highest BCUT2D eigenvalue weighted by Crippen LogP contribution is 2.33. The molecule has 0 aromatic heterocycles. The van der Waals surface area contributed by atoms with Gasteiger partial charge in [-0.2, -0.15) is 0 Å². The van der Waals surface area contributed by atoms with Crippen LogP contribution in [0.4, 0.5) is 15.3 Å². The van der Waals surface area contributed by atoms with E-state index in [1.54, 1.807) is 4.90 Å². The fourth-order valence-corrected chi connectivity index (χ4v) is 8.58. The van der Waals surface area contributed by atoms with E-state index in [1.807, 2.05) is 61.9 Å². The molecule has 52 heavy (non-hydrogen) atoms. The van der Waals surface area contributed by atoms with Gasteiger partial charge in [0.05, 0.1) is 13.7 Å². The zero-order chi connectivity index (χ0) is 36.8. The number of fused-ring (bicyclic) bond motifs is 1. The molecule has 1 atom stereocenters. The molecule has 13 nitrogen and oxygen atoms in total. The van der Waals surface area contributed by atoms with Gasteiger partial charge in [-0.25, -0.2) is 15.1 Å². The number of phenols is 1. The molecule has 0 radical (unpaired) electrons. The predicted octanol–water partition coefficient (Wildman–Crippen LogP) is 0.140. The Morgan fingerprint density at radius 1 is 0.904 bits per heavy atom. The molecule has 2 aromatic carbocycles. The van der Waals surface area contributed by atoms with Crippen LogP contribution in [0.3, 0.4) is 0 Å². The van der Waals surface area contributed by atoms with Gasteiger partial charge in [0, 0.05) is 50.9 Å². The second-order valence-corrected chi connectivity index (χ2v) is 14.9. The second kappa shape index (κ2) is 17.1. The molecule has 278 valence electrons. The van der Waals surface area contributed by atoms with Gasteiger partial charge in [-0.05, 0) is 98.0 Å². The van der Waals surface area contributed by atoms with E-state index < -0.39 is 12.2 Å². The number of para-hydroxylation sites is 1. The number of benzene rings is 2. The largest absolute Gasteiger partial charge is 0.509 e. The lowest BCUT2D eigenvalue weighted by molar-refractivity contribution is -0.142. The summed E-state index contributed by atoms with van der Waals surface area (Å²) in [4.78, 5) is 65.1. The lowest BCUT2D eigenvalue weighted by atomic mass is 9.78. The molecule has 6 rings (SSSR count). The molecule has 2 aromatic rings. The van der Waals surface area contributed by atoms with Crippen molar-refractivity contribution in [3.63, 3.8) is 0 Å². The number of aromatic hydroxyl groups is 1. The molecular formula is C37H52B2N6O7. The first-order valence-corrected chi connectivity index (χ1v) is 18.8. The van der Waals surface area contributed by atoms with Crippen LogP contribution in [0.2, 0.25) is 0 Å². The summed E-state index contributed by atoms with van der Waals surface area (Å²) in [5.41, 5.74) is 6.60. The van der Waals surface area contributed by atoms with Crippen molar-refractivity contribution in [2.75, 3.05) is 64.8 Å². The van der Waals surface area contributed by atoms with Crippen molar-refractivity contribution in [2.45, 2.75) is 63.5 Å². The molecule has 4 aliphatic heterocycles. The molecule has 4 aliphatic rings. The summed E-state index contributed by atoms with van der Waals surface area (Å²) in [6.07, 6.45) is 4.54. The Bertz CT molecular complexity index is 1580. The van der Waals surface area contributed by atoms with Crippen molar-refractivity contribution in [1.29, 1.82) is 0 Å². The van der Waals surface area contributed by atoms with E-state index in [2.05, 4.69) is 15.7 Å². The number of hydroxylamine groups is 1. The number of piperidine rings is 3. The highest BCUT2D eigenvalue weighted by Gasteiger charge is 2.37. The average molecular weight is 714 g/mol. The third-order valence-electron chi connectivity index (χ3n) is 11.5. The van der Waals surface area contributed by atoms with Crippen LogP contribution < -0.4 is 21.7 Å². The molecular weight excluding hydrogens is 662 g/mol. The summed E-state index contributed by atoms with van der Waals surface area (Å²) < 4.78 is 6.08. The molecule has 0 spiro atoms. The number of nitrogens with zero attached hydrogens (tertiary/aromatic N) is 4. The SMILES string of the molecule is Bc1cc(C[C@@H](OC(=O)N2CCC(N3CCc4ccccc4NC3=O)CC2)C(=O)N2CCC(C3CCN(CC(=O)NOC)CC3)CC2)cc(B)c1O. The van der Waals surface area contributed by atoms with Crippen LogP contribution >= 0.6 is 0 Å². The first kappa shape index (κ1) is 37.5. The molecule has 15 heteroatoms. The van der Waals surface area contributed by atoms with E-state index in [0.717, 1.165) is 62.0 Å². The maximum atomic E-state index is 14.1. The van der Waals surface area contributed by atoms with Gasteiger partial charge in [0.15, 0.2) is 6.10 Å². The van der Waals surface area contributed by atoms with Crippen LogP contribution in [0.1, 0.15) is 49.7 Å². The molecule has 3 N–H and O–H groups in total. The van der Waals surface area contributed by atoms with E-state index in [-0.39, 0.29) is 36.1 Å². The number of rotatable bonds is 9. The standard InChI is InChI=1S/C37H52B2N6O7/c1-51-41-33(46)23-42-13-6-25(7-14-42)26-8-15-43(16-9-26)35(48)32(22-24-20-29(38)34(47)30(39)21-24)52-37(50)44-17-11-28(12-18-44)45-19-10-27-4-2-3-5-31(27)40-36(45)49/h2-5,20-21,25-26,28,32,47H,6-19,22-23,38-39H2,1H3,(H,40,49)(H,41,46)/t32-/m1/s1. The van der Waals surface area contributed by atoms with Gasteiger partial charge in [0.2, 0.25) is 0 Å². The molecule has 3 saturated heterocycles. The van der Waals surface area contributed by atoms with Crippen molar-refractivity contribution in [1.82, 2.24) is 25.1 Å². The van der Waals surface area contributed by atoms with Gasteiger partial charge in [-0.1, -0.05) is 30.3 Å². The van der Waals surface area contributed by atoms with Gasteiger partial charge < -0.3 is 29.9 Å². The van der Waals surface area contributed by atoms with Crippen LogP contribution in [0.15, 0.2) is 36.4 Å². The number of anilines is 1. The first-order chi connectivity index (χ1) is 25.1. The van der Waals surface area contributed by atoms with Crippen molar-refractivity contribution >= 4 is 56.2 Å². The van der Waals surface area contributed by atoms with Gasteiger partial charge in [-0.15, -0.1) is 0 Å². The third-order valence-corrected chi connectivity index (χ3v) is 11.5. The summed E-state index contributed by atoms with van der Waals surface area (Å²) in [7, 11) is 5.09. The van der Waals surface area contributed by atoms with Crippen molar-refractivity contribution < 1.29 is 33.9 Å². The molecule has 0 saturated carbocycles. The minimum atomic E-state index is -0.999. The van der Waals surface area contributed by atoms with E-state index in [0.29, 0.717) is 74.9 Å². The summed E-state index contributed by atoms with van der Waals surface area (Å²) in [5.74, 6) is 0.946. The summed E-state index contributed by atoms with van der Waals surface area (Å²) in [6.45, 7) is 4.74. The fraction of sp³-hybridized carbons (Fsp3) is 0.568. The van der Waals surface area contributed by atoms with E-state index in [4.69, 9.17) is 9.57 Å². The van der Waals surface area contributed by atoms with Gasteiger partial charge in [-0.3, -0.25) is 19.3 Å². The van der Waals surface area contributed by atoms with Crippen LogP contribution in [-0.4, -0.2) is 136 Å². The quantitative estimate of drug-likeness (QED) is 0.246. The Morgan fingerprint density at radius 2 is 1.52 bits per heavy atom. The van der Waals surface area contributed by atoms with Crippen LogP contribution in [-0.2, 0) is 32.0 Å². The predicted molar refractivity (Wildman–Crippen MR) is 203 cm³/mol. The minimum Gasteiger partial charge on any atom is -0.509 e. The third kappa shape index (κ3) is 9.03. The Morgan fingerprint density at radius 3 is 2.17 bits per heavy atom. The normalized spacial score (nSPS) is 20.1. The van der Waals surface area contributed by atoms with Crippen LogP contribution in [0.5, 0.6) is 5.75 Å². The number of likely N-dealkylation sites (tertiary alicyclic amines) is 3. The Kier molecular flexibility index (Phi) is 12.3. The fourth-order valence-electron chi connectivity index (χ4n) is 8.58. The number of hydrogen-bond donors (Lipinski definition) is 3. The van der Waals surface area contributed by atoms with E-state index >= 15 is 0 Å². The van der Waals surface area contributed by atoms with E-state index in [9.17, 15) is 24.3 Å². The van der Waals surface area contributed by atoms with Crippen molar-refractivity contribution in [3.05, 3.63) is 47.5 Å². The highest BCUT2D eigenvalue weighted by atomic mass is 16.6. The smallest absolute Gasteiger partial charge is 0.410 e. The number of hydrogen-bond acceptors (Lipinski definition) is 8. The lowest BCUT2D eigenvalue weighted by Crippen LogP contribution is -2.52.